The molecule has 0 saturated carbocycles. The van der Waals surface area contributed by atoms with Crippen molar-refractivity contribution in [3.05, 3.63) is 63.7 Å². The van der Waals surface area contributed by atoms with E-state index in [4.69, 9.17) is 0 Å². The van der Waals surface area contributed by atoms with Gasteiger partial charge in [-0.3, -0.25) is 14.9 Å². The molecule has 7 nitrogen and oxygen atoms in total. The fraction of sp³-hybridized carbons (Fsp3) is 0.316. The van der Waals surface area contributed by atoms with E-state index in [1.165, 1.54) is 21.9 Å². The number of alkyl halides is 6. The molecule has 172 valence electrons. The van der Waals surface area contributed by atoms with Crippen molar-refractivity contribution in [1.29, 1.82) is 0 Å². The number of nitrogens with zero attached hydrogens (tertiary/aromatic N) is 3. The Bertz CT molecular complexity index is 1000. The van der Waals surface area contributed by atoms with Gasteiger partial charge in [-0.1, -0.05) is 0 Å². The number of amides is 1. The van der Waals surface area contributed by atoms with Crippen molar-refractivity contribution in [1.82, 2.24) is 4.90 Å². The van der Waals surface area contributed by atoms with Gasteiger partial charge in [-0.25, -0.2) is 0 Å². The average molecular weight is 463 g/mol. The van der Waals surface area contributed by atoms with Gasteiger partial charge in [0.15, 0.2) is 0 Å². The number of nitro benzene ring substituents is 1. The van der Waals surface area contributed by atoms with Gasteiger partial charge in [0.05, 0.1) is 10.5 Å². The van der Waals surface area contributed by atoms with Crippen LogP contribution in [0.25, 0.3) is 0 Å². The highest BCUT2D eigenvalue weighted by atomic mass is 19.4. The molecule has 0 aromatic heterocycles. The lowest BCUT2D eigenvalue weighted by atomic mass is 10.1. The third-order valence-electron chi connectivity index (χ3n) is 4.74. The molecule has 1 saturated heterocycles. The summed E-state index contributed by atoms with van der Waals surface area (Å²) in [7, 11) is 0. The highest BCUT2D eigenvalue weighted by molar-refractivity contribution is 5.94. The Morgan fingerprint density at radius 3 is 2.03 bits per heavy atom. The van der Waals surface area contributed by atoms with Crippen LogP contribution < -0.4 is 9.64 Å². The first kappa shape index (κ1) is 23.2. The van der Waals surface area contributed by atoms with E-state index in [-0.39, 0.29) is 37.4 Å². The van der Waals surface area contributed by atoms with Crippen LogP contribution in [0.1, 0.15) is 15.9 Å². The molecule has 32 heavy (non-hydrogen) atoms. The second kappa shape index (κ2) is 8.55. The van der Waals surface area contributed by atoms with E-state index in [2.05, 4.69) is 4.74 Å². The van der Waals surface area contributed by atoms with Crippen molar-refractivity contribution in [2.45, 2.75) is 12.5 Å². The lowest BCUT2D eigenvalue weighted by molar-refractivity contribution is -0.384. The number of benzene rings is 2. The number of piperazine rings is 1. The summed E-state index contributed by atoms with van der Waals surface area (Å²) in [5, 5.41) is 11.3. The summed E-state index contributed by atoms with van der Waals surface area (Å²) in [5.41, 5.74) is -1.71. The molecule has 2 aromatic carbocycles. The molecule has 0 unspecified atom stereocenters. The van der Waals surface area contributed by atoms with E-state index in [1.54, 1.807) is 0 Å². The molecule has 1 heterocycles. The van der Waals surface area contributed by atoms with E-state index in [9.17, 15) is 41.3 Å². The van der Waals surface area contributed by atoms with Crippen LogP contribution in [0, 0.1) is 10.1 Å². The summed E-state index contributed by atoms with van der Waals surface area (Å²) in [6.07, 6.45) is -9.59. The number of ether oxygens (including phenoxy) is 1. The summed E-state index contributed by atoms with van der Waals surface area (Å²) >= 11 is 0. The van der Waals surface area contributed by atoms with Gasteiger partial charge in [-0.15, -0.1) is 13.2 Å². The third kappa shape index (κ3) is 5.39. The fourth-order valence-corrected chi connectivity index (χ4v) is 3.25. The maximum absolute atomic E-state index is 12.9. The number of rotatable bonds is 4. The predicted molar refractivity (Wildman–Crippen MR) is 99.3 cm³/mol. The Labute approximate surface area is 176 Å². The van der Waals surface area contributed by atoms with Gasteiger partial charge in [0.2, 0.25) is 0 Å². The highest BCUT2D eigenvalue weighted by Gasteiger charge is 2.35. The molecular weight excluding hydrogens is 448 g/mol. The monoisotopic (exact) mass is 463 g/mol. The number of carbonyl (C=O) groups excluding carboxylic acids is 1. The minimum Gasteiger partial charge on any atom is -0.406 e. The van der Waals surface area contributed by atoms with Gasteiger partial charge in [0.1, 0.15) is 11.4 Å². The summed E-state index contributed by atoms with van der Waals surface area (Å²) in [5.74, 6) is -0.946. The second-order valence-electron chi connectivity index (χ2n) is 6.81. The van der Waals surface area contributed by atoms with Gasteiger partial charge < -0.3 is 14.5 Å². The first-order valence-electron chi connectivity index (χ1n) is 9.11. The Morgan fingerprint density at radius 1 is 0.938 bits per heavy atom. The van der Waals surface area contributed by atoms with Gasteiger partial charge in [-0.05, 0) is 36.4 Å². The highest BCUT2D eigenvalue weighted by Crippen LogP contribution is 2.36. The molecule has 0 atom stereocenters. The number of halogens is 6. The summed E-state index contributed by atoms with van der Waals surface area (Å²) < 4.78 is 79.0. The zero-order valence-corrected chi connectivity index (χ0v) is 16.1. The standard InChI is InChI=1S/C19H15F6N3O4/c20-18(21,22)13-3-6-15(16(11-13)28(30)31)26-7-9-27(10-8-26)17(29)12-1-4-14(5-2-12)32-19(23,24)25/h1-6,11H,7-10H2. The first-order chi connectivity index (χ1) is 14.8. The van der Waals surface area contributed by atoms with Crippen molar-refractivity contribution in [3.8, 4) is 5.75 Å². The quantitative estimate of drug-likeness (QED) is 0.380. The number of hydrogen-bond acceptors (Lipinski definition) is 5. The largest absolute Gasteiger partial charge is 0.573 e. The van der Waals surface area contributed by atoms with Crippen LogP contribution in [0.2, 0.25) is 0 Å². The second-order valence-corrected chi connectivity index (χ2v) is 6.81. The van der Waals surface area contributed by atoms with Gasteiger partial charge >= 0.3 is 12.5 Å². The molecule has 0 N–H and O–H groups in total. The normalized spacial score (nSPS) is 14.9. The molecule has 1 amide bonds. The molecule has 1 aliphatic rings. The minimum atomic E-state index is -4.86. The smallest absolute Gasteiger partial charge is 0.406 e. The van der Waals surface area contributed by atoms with Gasteiger partial charge in [0.25, 0.3) is 11.6 Å². The van der Waals surface area contributed by atoms with E-state index in [1.807, 2.05) is 0 Å². The number of carbonyl (C=O) groups is 1. The molecule has 0 bridgehead atoms. The van der Waals surface area contributed by atoms with Crippen molar-refractivity contribution < 1.29 is 40.8 Å². The van der Waals surface area contributed by atoms with Crippen molar-refractivity contribution >= 4 is 17.3 Å². The zero-order chi connectivity index (χ0) is 23.7. The molecule has 1 fully saturated rings. The lowest BCUT2D eigenvalue weighted by Crippen LogP contribution is -2.49. The topological polar surface area (TPSA) is 75.9 Å². The minimum absolute atomic E-state index is 0.00347. The number of hydrogen-bond donors (Lipinski definition) is 0. The zero-order valence-electron chi connectivity index (χ0n) is 16.1. The number of anilines is 1. The lowest BCUT2D eigenvalue weighted by Gasteiger charge is -2.36. The van der Waals surface area contributed by atoms with Crippen LogP contribution in [-0.4, -0.2) is 48.3 Å². The third-order valence-corrected chi connectivity index (χ3v) is 4.74. The Kier molecular flexibility index (Phi) is 6.19. The molecule has 13 heteroatoms. The summed E-state index contributed by atoms with van der Waals surface area (Å²) in [6.45, 7) is 0.454. The average Bonchev–Trinajstić information content (AvgIpc) is 2.71. The molecule has 0 radical (unpaired) electrons. The van der Waals surface area contributed by atoms with Gasteiger partial charge in [-0.2, -0.15) is 13.2 Å². The van der Waals surface area contributed by atoms with Crippen LogP contribution >= 0.6 is 0 Å². The molecule has 2 aromatic rings. The van der Waals surface area contributed by atoms with Crippen molar-refractivity contribution in [3.63, 3.8) is 0 Å². The van der Waals surface area contributed by atoms with E-state index < -0.39 is 40.4 Å². The Morgan fingerprint density at radius 2 is 1.53 bits per heavy atom. The SMILES string of the molecule is O=C(c1ccc(OC(F)(F)F)cc1)N1CCN(c2ccc(C(F)(F)F)cc2[N+](=O)[O-])CC1. The number of nitro groups is 1. The van der Waals surface area contributed by atoms with Crippen LogP contribution in [-0.2, 0) is 6.18 Å². The molecule has 3 rings (SSSR count). The molecule has 1 aliphatic heterocycles. The van der Waals surface area contributed by atoms with Crippen LogP contribution in [0.5, 0.6) is 5.75 Å². The fourth-order valence-electron chi connectivity index (χ4n) is 3.25. The first-order valence-corrected chi connectivity index (χ1v) is 9.11. The van der Waals surface area contributed by atoms with E-state index >= 15 is 0 Å². The molecule has 0 aliphatic carbocycles. The summed E-state index contributed by atoms with van der Waals surface area (Å²) in [4.78, 5) is 25.9. The summed E-state index contributed by atoms with van der Waals surface area (Å²) in [6, 6.07) is 6.61. The Hall–Kier alpha value is -3.51. The maximum atomic E-state index is 12.9. The van der Waals surface area contributed by atoms with E-state index in [0.29, 0.717) is 6.07 Å². The van der Waals surface area contributed by atoms with Crippen molar-refractivity contribution in [2.75, 3.05) is 31.1 Å². The van der Waals surface area contributed by atoms with Crippen LogP contribution in [0.4, 0.5) is 37.7 Å². The van der Waals surface area contributed by atoms with Gasteiger partial charge in [0, 0.05) is 37.8 Å². The van der Waals surface area contributed by atoms with Crippen LogP contribution in [0.15, 0.2) is 42.5 Å². The molecular formula is C19H15F6N3O4. The predicted octanol–water partition coefficient (Wildman–Crippen LogP) is 4.47. The van der Waals surface area contributed by atoms with E-state index in [0.717, 1.165) is 24.3 Å². The van der Waals surface area contributed by atoms with Crippen LogP contribution in [0.3, 0.4) is 0 Å². The van der Waals surface area contributed by atoms with Crippen molar-refractivity contribution in [2.24, 2.45) is 0 Å². The Balaban J connectivity index is 1.68. The molecule has 0 spiro atoms. The maximum Gasteiger partial charge on any atom is 0.573 e.